The molecule has 1 N–H and O–H groups in total. The number of benzene rings is 2. The molecule has 0 saturated heterocycles. The average molecular weight is 389 g/mol. The molecule has 1 heterocycles. The normalized spacial score (nSPS) is 11.0. The second-order valence-corrected chi connectivity index (χ2v) is 6.06. The highest BCUT2D eigenvalue weighted by molar-refractivity contribution is 7.71. The molecule has 0 spiro atoms. The number of hydrogen-bond acceptors (Lipinski definition) is 5. The predicted molar refractivity (Wildman–Crippen MR) is 104 cm³/mol. The van der Waals surface area contributed by atoms with Crippen LogP contribution in [-0.2, 0) is 6.61 Å². The molecule has 0 radical (unpaired) electrons. The van der Waals surface area contributed by atoms with E-state index in [1.807, 2.05) is 49.4 Å². The van der Waals surface area contributed by atoms with Gasteiger partial charge in [0, 0.05) is 10.6 Å². The molecule has 0 aliphatic heterocycles. The molecule has 0 unspecified atom stereocenters. The van der Waals surface area contributed by atoms with Crippen molar-refractivity contribution in [3.8, 4) is 11.5 Å². The summed E-state index contributed by atoms with van der Waals surface area (Å²) in [5, 5.41) is 11.4. The molecule has 6 nitrogen and oxygen atoms in total. The second-order valence-electron chi connectivity index (χ2n) is 5.27. The summed E-state index contributed by atoms with van der Waals surface area (Å²) in [5.74, 6) is 1.28. The zero-order valence-electron chi connectivity index (χ0n) is 14.1. The van der Waals surface area contributed by atoms with Gasteiger partial charge in [-0.05, 0) is 49.0 Å². The van der Waals surface area contributed by atoms with Crippen molar-refractivity contribution in [1.82, 2.24) is 14.9 Å². The zero-order valence-corrected chi connectivity index (χ0v) is 15.6. The number of H-pyrrole nitrogens is 1. The minimum Gasteiger partial charge on any atom is -0.490 e. The molecule has 26 heavy (non-hydrogen) atoms. The van der Waals surface area contributed by atoms with E-state index in [1.54, 1.807) is 6.21 Å². The summed E-state index contributed by atoms with van der Waals surface area (Å²) in [7, 11) is 0. The van der Waals surface area contributed by atoms with Crippen LogP contribution in [0.1, 0.15) is 18.1 Å². The van der Waals surface area contributed by atoms with E-state index in [1.165, 1.54) is 11.0 Å². The van der Waals surface area contributed by atoms with Crippen LogP contribution in [0, 0.1) is 4.77 Å². The first-order chi connectivity index (χ1) is 12.7. The minimum absolute atomic E-state index is 0.358. The molecular formula is C18H17ClN4O2S. The molecule has 0 aliphatic rings. The molecule has 134 valence electrons. The van der Waals surface area contributed by atoms with E-state index in [2.05, 4.69) is 15.3 Å². The monoisotopic (exact) mass is 388 g/mol. The molecule has 0 bridgehead atoms. The Morgan fingerprint density at radius 2 is 2.08 bits per heavy atom. The van der Waals surface area contributed by atoms with Crippen LogP contribution in [0.3, 0.4) is 0 Å². The number of nitrogens with one attached hydrogen (secondary N) is 1. The quantitative estimate of drug-likeness (QED) is 0.479. The smallest absolute Gasteiger partial charge is 0.216 e. The molecule has 0 atom stereocenters. The van der Waals surface area contributed by atoms with Crippen molar-refractivity contribution in [3.05, 3.63) is 69.7 Å². The van der Waals surface area contributed by atoms with Crippen LogP contribution in [0.2, 0.25) is 5.02 Å². The third kappa shape index (κ3) is 4.50. The van der Waals surface area contributed by atoms with Gasteiger partial charge in [-0.15, -0.1) is 0 Å². The van der Waals surface area contributed by atoms with Gasteiger partial charge in [0.1, 0.15) is 12.9 Å². The maximum absolute atomic E-state index is 6.17. The third-order valence-corrected chi connectivity index (χ3v) is 4.12. The Morgan fingerprint density at radius 1 is 1.23 bits per heavy atom. The fourth-order valence-electron chi connectivity index (χ4n) is 2.22. The molecule has 0 amide bonds. The van der Waals surface area contributed by atoms with Gasteiger partial charge in [-0.2, -0.15) is 14.9 Å². The fraction of sp³-hybridized carbons (Fsp3) is 0.167. The Bertz CT molecular complexity index is 968. The molecule has 1 aromatic heterocycles. The highest BCUT2D eigenvalue weighted by Crippen LogP contribution is 2.29. The number of halogens is 1. The number of ether oxygens (including phenoxy) is 2. The van der Waals surface area contributed by atoms with E-state index in [-0.39, 0.29) is 0 Å². The maximum Gasteiger partial charge on any atom is 0.216 e. The summed E-state index contributed by atoms with van der Waals surface area (Å²) in [4.78, 5) is 0. The summed E-state index contributed by atoms with van der Waals surface area (Å²) in [6.45, 7) is 2.80. The predicted octanol–water partition coefficient (Wildman–Crippen LogP) is 4.45. The van der Waals surface area contributed by atoms with Crippen LogP contribution in [0.15, 0.2) is 53.9 Å². The highest BCUT2D eigenvalue weighted by atomic mass is 35.5. The fourth-order valence-corrected chi connectivity index (χ4v) is 2.55. The van der Waals surface area contributed by atoms with E-state index >= 15 is 0 Å². The summed E-state index contributed by atoms with van der Waals surface area (Å²) in [6.07, 6.45) is 3.18. The van der Waals surface area contributed by atoms with Gasteiger partial charge in [-0.1, -0.05) is 29.8 Å². The van der Waals surface area contributed by atoms with Crippen LogP contribution in [0.25, 0.3) is 0 Å². The lowest BCUT2D eigenvalue weighted by Crippen LogP contribution is -2.01. The van der Waals surface area contributed by atoms with E-state index in [0.29, 0.717) is 34.5 Å². The Labute approximate surface area is 161 Å². The molecule has 3 rings (SSSR count). The van der Waals surface area contributed by atoms with Crippen molar-refractivity contribution < 1.29 is 9.47 Å². The minimum atomic E-state index is 0.358. The van der Waals surface area contributed by atoms with Crippen LogP contribution in [0.4, 0.5) is 0 Å². The lowest BCUT2D eigenvalue weighted by atomic mass is 10.2. The third-order valence-electron chi connectivity index (χ3n) is 3.48. The van der Waals surface area contributed by atoms with Gasteiger partial charge in [0.15, 0.2) is 11.5 Å². The van der Waals surface area contributed by atoms with Gasteiger partial charge in [0.05, 0.1) is 12.8 Å². The summed E-state index contributed by atoms with van der Waals surface area (Å²) in [5.41, 5.74) is 1.76. The van der Waals surface area contributed by atoms with Crippen LogP contribution in [-0.4, -0.2) is 27.7 Å². The number of nitrogens with zero attached hydrogens (tertiary/aromatic N) is 3. The Balaban J connectivity index is 1.78. The first-order valence-corrected chi connectivity index (χ1v) is 8.75. The number of rotatable bonds is 7. The first-order valence-electron chi connectivity index (χ1n) is 7.97. The van der Waals surface area contributed by atoms with Crippen LogP contribution < -0.4 is 9.47 Å². The summed E-state index contributed by atoms with van der Waals surface area (Å²) < 4.78 is 13.5. The Hall–Kier alpha value is -2.64. The van der Waals surface area contributed by atoms with Crippen molar-refractivity contribution in [1.29, 1.82) is 0 Å². The second kappa shape index (κ2) is 8.64. The van der Waals surface area contributed by atoms with Crippen molar-refractivity contribution in [3.63, 3.8) is 0 Å². The largest absolute Gasteiger partial charge is 0.490 e. The molecule has 3 aromatic rings. The van der Waals surface area contributed by atoms with Gasteiger partial charge in [-0.25, -0.2) is 0 Å². The van der Waals surface area contributed by atoms with Crippen LogP contribution >= 0.6 is 23.8 Å². The van der Waals surface area contributed by atoms with Gasteiger partial charge in [-0.3, -0.25) is 5.10 Å². The molecular weight excluding hydrogens is 372 g/mol. The van der Waals surface area contributed by atoms with Gasteiger partial charge >= 0.3 is 0 Å². The summed E-state index contributed by atoms with van der Waals surface area (Å²) in [6, 6.07) is 13.2. The molecule has 0 fully saturated rings. The van der Waals surface area contributed by atoms with E-state index < -0.39 is 0 Å². The molecule has 0 saturated carbocycles. The van der Waals surface area contributed by atoms with Crippen molar-refractivity contribution in [2.45, 2.75) is 13.5 Å². The molecule has 8 heteroatoms. The Morgan fingerprint density at radius 3 is 2.81 bits per heavy atom. The van der Waals surface area contributed by atoms with E-state index in [4.69, 9.17) is 33.3 Å². The molecule has 0 aliphatic carbocycles. The zero-order chi connectivity index (χ0) is 18.4. The lowest BCUT2D eigenvalue weighted by Gasteiger charge is -2.13. The summed E-state index contributed by atoms with van der Waals surface area (Å²) >= 11 is 11.2. The number of aromatic amines is 1. The number of hydrogen-bond donors (Lipinski definition) is 1. The van der Waals surface area contributed by atoms with Crippen molar-refractivity contribution in [2.75, 3.05) is 6.61 Å². The topological polar surface area (TPSA) is 64.4 Å². The highest BCUT2D eigenvalue weighted by Gasteiger charge is 2.08. The van der Waals surface area contributed by atoms with E-state index in [0.717, 1.165) is 11.1 Å². The van der Waals surface area contributed by atoms with Crippen molar-refractivity contribution >= 4 is 30.0 Å². The van der Waals surface area contributed by atoms with Gasteiger partial charge < -0.3 is 9.47 Å². The standard InChI is InChI=1S/C18H17ClN4O2S/c1-2-24-17-9-13(10-21-23-12-20-22-18(23)26)7-8-16(17)25-11-14-5-3-4-6-15(14)19/h3-10,12H,2,11H2,1H3,(H,22,26). The van der Waals surface area contributed by atoms with E-state index in [9.17, 15) is 0 Å². The lowest BCUT2D eigenvalue weighted by molar-refractivity contribution is 0.269. The Kier molecular flexibility index (Phi) is 6.04. The number of aromatic nitrogens is 3. The molecule has 2 aromatic carbocycles. The van der Waals surface area contributed by atoms with Gasteiger partial charge in [0.2, 0.25) is 4.77 Å². The maximum atomic E-state index is 6.17. The van der Waals surface area contributed by atoms with Crippen molar-refractivity contribution in [2.24, 2.45) is 5.10 Å². The average Bonchev–Trinajstić information content (AvgIpc) is 3.05. The SMILES string of the molecule is CCOc1cc(C=Nn2cn[nH]c2=S)ccc1OCc1ccccc1Cl. The first kappa shape index (κ1) is 18.2. The van der Waals surface area contributed by atoms with Crippen LogP contribution in [0.5, 0.6) is 11.5 Å². The van der Waals surface area contributed by atoms with Gasteiger partial charge in [0.25, 0.3) is 0 Å².